The first kappa shape index (κ1) is 15.4. The third-order valence-electron chi connectivity index (χ3n) is 3.10. The van der Waals surface area contributed by atoms with Crippen molar-refractivity contribution in [3.05, 3.63) is 74.9 Å². The van der Waals surface area contributed by atoms with Gasteiger partial charge in [0.05, 0.1) is 6.04 Å². The highest BCUT2D eigenvalue weighted by atomic mass is 32.2. The van der Waals surface area contributed by atoms with Gasteiger partial charge in [0.2, 0.25) is 10.0 Å². The van der Waals surface area contributed by atoms with Gasteiger partial charge in [-0.1, -0.05) is 18.2 Å². The Hall–Kier alpha value is -1.54. The molecule has 3 aromatic rings. The van der Waals surface area contributed by atoms with Gasteiger partial charge in [-0.15, -0.1) is 11.3 Å². The predicted molar refractivity (Wildman–Crippen MR) is 87.2 cm³/mol. The van der Waals surface area contributed by atoms with E-state index in [2.05, 4.69) is 4.72 Å². The zero-order valence-corrected chi connectivity index (χ0v) is 13.7. The van der Waals surface area contributed by atoms with Crippen molar-refractivity contribution in [1.82, 2.24) is 4.72 Å². The monoisotopic (exact) mass is 353 g/mol. The van der Waals surface area contributed by atoms with Crippen molar-refractivity contribution in [1.29, 1.82) is 0 Å². The molecule has 0 fully saturated rings. The molecular formula is C15H12FNO2S3. The minimum Gasteiger partial charge on any atom is -0.207 e. The Morgan fingerprint density at radius 1 is 1.05 bits per heavy atom. The molecule has 0 aliphatic heterocycles. The first-order valence-electron chi connectivity index (χ1n) is 6.40. The van der Waals surface area contributed by atoms with Gasteiger partial charge in [0, 0.05) is 4.88 Å². The van der Waals surface area contributed by atoms with E-state index in [1.54, 1.807) is 0 Å². The molecule has 22 heavy (non-hydrogen) atoms. The number of thiophene rings is 2. The molecule has 0 bridgehead atoms. The lowest BCUT2D eigenvalue weighted by atomic mass is 10.1. The summed E-state index contributed by atoms with van der Waals surface area (Å²) in [5.74, 6) is -0.759. The Labute approximate surface area is 136 Å². The number of hydrogen-bond donors (Lipinski definition) is 1. The quantitative estimate of drug-likeness (QED) is 0.753. The second kappa shape index (κ2) is 6.29. The van der Waals surface area contributed by atoms with Crippen molar-refractivity contribution in [3.8, 4) is 0 Å². The lowest BCUT2D eigenvalue weighted by Gasteiger charge is -2.17. The van der Waals surface area contributed by atoms with Crippen molar-refractivity contribution < 1.29 is 12.8 Å². The molecule has 114 valence electrons. The summed E-state index contributed by atoms with van der Waals surface area (Å²) in [5.41, 5.74) is 0.840. The third kappa shape index (κ3) is 3.12. The number of nitrogens with one attached hydrogen (secondary N) is 1. The molecule has 2 heterocycles. The average Bonchev–Trinajstić information content (AvgIpc) is 3.19. The third-order valence-corrected chi connectivity index (χ3v) is 6.20. The van der Waals surface area contributed by atoms with Gasteiger partial charge < -0.3 is 0 Å². The van der Waals surface area contributed by atoms with Crippen LogP contribution in [0.3, 0.4) is 0 Å². The number of rotatable bonds is 5. The smallest absolute Gasteiger partial charge is 0.207 e. The molecule has 0 aliphatic rings. The van der Waals surface area contributed by atoms with Crippen molar-refractivity contribution in [2.45, 2.75) is 10.9 Å². The molecule has 1 atom stereocenters. The SMILES string of the molecule is O=S(=O)(N[C@H](c1ccsc1)c1cccs1)c1ccccc1F. The van der Waals surface area contributed by atoms with Crippen LogP contribution in [-0.2, 0) is 10.0 Å². The maximum Gasteiger partial charge on any atom is 0.244 e. The molecule has 1 aromatic carbocycles. The van der Waals surface area contributed by atoms with Crippen LogP contribution in [0.15, 0.2) is 63.5 Å². The molecule has 7 heteroatoms. The van der Waals surface area contributed by atoms with Crippen LogP contribution in [0.1, 0.15) is 16.5 Å². The Bertz CT molecular complexity index is 809. The second-order valence-corrected chi connectivity index (χ2v) is 8.00. The topological polar surface area (TPSA) is 46.2 Å². The highest BCUT2D eigenvalue weighted by Gasteiger charge is 2.25. The van der Waals surface area contributed by atoms with Gasteiger partial charge in [-0.3, -0.25) is 0 Å². The molecule has 0 saturated carbocycles. The Morgan fingerprint density at radius 2 is 1.86 bits per heavy atom. The fraction of sp³-hybridized carbons (Fsp3) is 0.0667. The summed E-state index contributed by atoms with van der Waals surface area (Å²) >= 11 is 2.94. The Kier molecular flexibility index (Phi) is 4.39. The average molecular weight is 353 g/mol. The minimum absolute atomic E-state index is 0.341. The highest BCUT2D eigenvalue weighted by Crippen LogP contribution is 2.29. The summed E-state index contributed by atoms with van der Waals surface area (Å²) in [6.45, 7) is 0. The molecule has 3 nitrogen and oxygen atoms in total. The van der Waals surface area contributed by atoms with Gasteiger partial charge in [-0.25, -0.2) is 12.8 Å². The molecule has 0 spiro atoms. The highest BCUT2D eigenvalue weighted by molar-refractivity contribution is 7.89. The Morgan fingerprint density at radius 3 is 2.50 bits per heavy atom. The first-order chi connectivity index (χ1) is 10.6. The normalized spacial score (nSPS) is 13.1. The zero-order chi connectivity index (χ0) is 15.6. The van der Waals surface area contributed by atoms with E-state index in [0.29, 0.717) is 0 Å². The summed E-state index contributed by atoms with van der Waals surface area (Å²) in [5, 5.41) is 5.65. The maximum atomic E-state index is 13.8. The van der Waals surface area contributed by atoms with E-state index in [9.17, 15) is 12.8 Å². The van der Waals surface area contributed by atoms with E-state index >= 15 is 0 Å². The molecule has 0 saturated heterocycles. The van der Waals surface area contributed by atoms with Crippen LogP contribution in [0.2, 0.25) is 0 Å². The van der Waals surface area contributed by atoms with Crippen LogP contribution in [0, 0.1) is 5.82 Å². The summed E-state index contributed by atoms with van der Waals surface area (Å²) < 4.78 is 41.4. The summed E-state index contributed by atoms with van der Waals surface area (Å²) in [7, 11) is -3.96. The van der Waals surface area contributed by atoms with E-state index in [0.717, 1.165) is 16.5 Å². The fourth-order valence-electron chi connectivity index (χ4n) is 2.07. The van der Waals surface area contributed by atoms with E-state index < -0.39 is 21.9 Å². The minimum atomic E-state index is -3.96. The number of sulfonamides is 1. The van der Waals surface area contributed by atoms with Crippen LogP contribution >= 0.6 is 22.7 Å². The maximum absolute atomic E-state index is 13.8. The predicted octanol–water partition coefficient (Wildman–Crippen LogP) is 4.02. The van der Waals surface area contributed by atoms with E-state index in [1.165, 1.54) is 40.9 Å². The largest absolute Gasteiger partial charge is 0.244 e. The van der Waals surface area contributed by atoms with Crippen molar-refractivity contribution in [2.75, 3.05) is 0 Å². The molecule has 0 aliphatic carbocycles. The molecule has 0 amide bonds. The van der Waals surface area contributed by atoms with E-state index in [-0.39, 0.29) is 4.90 Å². The lowest BCUT2D eigenvalue weighted by Crippen LogP contribution is -2.29. The first-order valence-corrected chi connectivity index (χ1v) is 9.71. The second-order valence-electron chi connectivity index (χ2n) is 4.56. The van der Waals surface area contributed by atoms with Gasteiger partial charge in [-0.2, -0.15) is 16.1 Å². The molecule has 0 radical (unpaired) electrons. The Balaban J connectivity index is 1.99. The standard InChI is InChI=1S/C15H12FNO2S3/c16-12-4-1-2-6-14(12)22(18,19)17-15(11-7-9-20-10-11)13-5-3-8-21-13/h1-10,15,17H/t15-/m1/s1. The van der Waals surface area contributed by atoms with E-state index in [4.69, 9.17) is 0 Å². The fourth-order valence-corrected chi connectivity index (χ4v) is 4.91. The van der Waals surface area contributed by atoms with Crippen LogP contribution in [0.5, 0.6) is 0 Å². The van der Waals surface area contributed by atoms with Crippen molar-refractivity contribution >= 4 is 32.7 Å². The number of benzene rings is 1. The van der Waals surface area contributed by atoms with Crippen molar-refractivity contribution in [2.24, 2.45) is 0 Å². The lowest BCUT2D eigenvalue weighted by molar-refractivity contribution is 0.551. The van der Waals surface area contributed by atoms with Crippen molar-refractivity contribution in [3.63, 3.8) is 0 Å². The van der Waals surface area contributed by atoms with Gasteiger partial charge in [0.25, 0.3) is 0 Å². The number of hydrogen-bond acceptors (Lipinski definition) is 4. The molecule has 0 unspecified atom stereocenters. The number of halogens is 1. The van der Waals surface area contributed by atoms with Gasteiger partial charge >= 0.3 is 0 Å². The molecule has 2 aromatic heterocycles. The van der Waals surface area contributed by atoms with Crippen LogP contribution in [-0.4, -0.2) is 8.42 Å². The van der Waals surface area contributed by atoms with Crippen LogP contribution in [0.4, 0.5) is 4.39 Å². The summed E-state index contributed by atoms with van der Waals surface area (Å²) in [6, 6.07) is 10.4. The van der Waals surface area contributed by atoms with Gasteiger partial charge in [-0.05, 0) is 46.0 Å². The zero-order valence-electron chi connectivity index (χ0n) is 11.3. The van der Waals surface area contributed by atoms with Crippen LogP contribution < -0.4 is 4.72 Å². The summed E-state index contributed by atoms with van der Waals surface area (Å²) in [6.07, 6.45) is 0. The summed E-state index contributed by atoms with van der Waals surface area (Å²) in [4.78, 5) is 0.519. The van der Waals surface area contributed by atoms with Gasteiger partial charge in [0.1, 0.15) is 10.7 Å². The van der Waals surface area contributed by atoms with E-state index in [1.807, 2.05) is 34.3 Å². The molecular weight excluding hydrogens is 341 g/mol. The van der Waals surface area contributed by atoms with Gasteiger partial charge in [0.15, 0.2) is 0 Å². The van der Waals surface area contributed by atoms with Crippen LogP contribution in [0.25, 0.3) is 0 Å². The molecule has 1 N–H and O–H groups in total. The molecule has 3 rings (SSSR count).